The quantitative estimate of drug-likeness (QED) is 0.775. The van der Waals surface area contributed by atoms with E-state index in [0.717, 1.165) is 5.56 Å². The Hall–Kier alpha value is -2.56. The molecular weight excluding hydrogens is 362 g/mol. The molecule has 2 aromatic rings. The van der Waals surface area contributed by atoms with Crippen molar-refractivity contribution < 1.29 is 14.6 Å². The van der Waals surface area contributed by atoms with E-state index < -0.39 is 11.8 Å². The Bertz CT molecular complexity index is 851. The molecule has 0 aliphatic carbocycles. The van der Waals surface area contributed by atoms with Gasteiger partial charge < -0.3 is 9.84 Å². The average molecular weight is 383 g/mol. The van der Waals surface area contributed by atoms with Crippen LogP contribution in [0.1, 0.15) is 36.6 Å². The number of benzene rings is 1. The smallest absolute Gasteiger partial charge is 0.409 e. The molecule has 1 aliphatic heterocycles. The van der Waals surface area contributed by atoms with Crippen LogP contribution in [0.5, 0.6) is 0 Å². The van der Waals surface area contributed by atoms with Gasteiger partial charge in [-0.05, 0) is 38.0 Å². The standard InChI is InChI=1S/C20H21N3O3S/c1-20(2)23(19(24)25)16(13-26-20)11-17(14-7-4-3-5-8-14)27-18-15(12-21)9-6-10-22-18/h3-10,16-17H,11,13H2,1-2H3,(H,24,25)/t16-,17+/m0/s1. The highest BCUT2D eigenvalue weighted by Gasteiger charge is 2.44. The number of pyridine rings is 1. The lowest BCUT2D eigenvalue weighted by Crippen LogP contribution is -2.47. The molecular formula is C20H21N3O3S. The van der Waals surface area contributed by atoms with E-state index in [-0.39, 0.29) is 11.3 Å². The number of hydrogen-bond acceptors (Lipinski definition) is 5. The Morgan fingerprint density at radius 1 is 1.41 bits per heavy atom. The number of amides is 1. The molecule has 140 valence electrons. The number of thioether (sulfide) groups is 1. The van der Waals surface area contributed by atoms with Crippen molar-refractivity contribution in [3.8, 4) is 6.07 Å². The SMILES string of the molecule is CC1(C)OC[C@H](C[C@@H](Sc2ncccc2C#N)c2ccccc2)N1C(=O)O. The van der Waals surface area contributed by atoms with Crippen LogP contribution in [0.2, 0.25) is 0 Å². The topological polar surface area (TPSA) is 86.5 Å². The fourth-order valence-corrected chi connectivity index (χ4v) is 4.56. The molecule has 0 unspecified atom stereocenters. The van der Waals surface area contributed by atoms with Crippen LogP contribution in [0, 0.1) is 11.3 Å². The summed E-state index contributed by atoms with van der Waals surface area (Å²) in [5, 5.41) is 19.6. The highest BCUT2D eigenvalue weighted by atomic mass is 32.2. The van der Waals surface area contributed by atoms with Crippen LogP contribution < -0.4 is 0 Å². The van der Waals surface area contributed by atoms with Crippen molar-refractivity contribution >= 4 is 17.9 Å². The third-order valence-electron chi connectivity index (χ3n) is 4.58. The number of hydrogen-bond donors (Lipinski definition) is 1. The van der Waals surface area contributed by atoms with Crippen molar-refractivity contribution in [2.75, 3.05) is 6.61 Å². The number of aromatic nitrogens is 1. The minimum atomic E-state index is -0.991. The Kier molecular flexibility index (Phi) is 5.68. The van der Waals surface area contributed by atoms with Crippen LogP contribution in [0.3, 0.4) is 0 Å². The number of nitrogens with zero attached hydrogens (tertiary/aromatic N) is 3. The molecule has 7 heteroatoms. The van der Waals surface area contributed by atoms with Gasteiger partial charge in [0.1, 0.15) is 16.8 Å². The molecule has 27 heavy (non-hydrogen) atoms. The maximum absolute atomic E-state index is 11.8. The summed E-state index contributed by atoms with van der Waals surface area (Å²) in [6.45, 7) is 3.87. The minimum Gasteiger partial charge on any atom is -0.465 e. The molecule has 0 spiro atoms. The first-order chi connectivity index (χ1) is 12.9. The van der Waals surface area contributed by atoms with Gasteiger partial charge in [0.05, 0.1) is 18.2 Å². The van der Waals surface area contributed by atoms with Crippen molar-refractivity contribution in [3.63, 3.8) is 0 Å². The lowest BCUT2D eigenvalue weighted by molar-refractivity contribution is -0.0421. The van der Waals surface area contributed by atoms with E-state index in [1.54, 1.807) is 32.2 Å². The fraction of sp³-hybridized carbons (Fsp3) is 0.350. The second-order valence-electron chi connectivity index (χ2n) is 6.78. The van der Waals surface area contributed by atoms with Crippen molar-refractivity contribution in [3.05, 3.63) is 59.8 Å². The maximum atomic E-state index is 11.8. The van der Waals surface area contributed by atoms with E-state index in [4.69, 9.17) is 4.74 Å². The zero-order chi connectivity index (χ0) is 19.4. The Balaban J connectivity index is 1.90. The van der Waals surface area contributed by atoms with Crippen molar-refractivity contribution in [2.45, 2.75) is 42.3 Å². The zero-order valence-corrected chi connectivity index (χ0v) is 16.0. The van der Waals surface area contributed by atoms with E-state index in [1.807, 2.05) is 30.3 Å². The normalized spacial score (nSPS) is 19.4. The largest absolute Gasteiger partial charge is 0.465 e. The van der Waals surface area contributed by atoms with Gasteiger partial charge in [-0.3, -0.25) is 4.90 Å². The molecule has 3 rings (SSSR count). The summed E-state index contributed by atoms with van der Waals surface area (Å²) < 4.78 is 5.73. The van der Waals surface area contributed by atoms with Crippen LogP contribution in [0.25, 0.3) is 0 Å². The monoisotopic (exact) mass is 383 g/mol. The van der Waals surface area contributed by atoms with Crippen LogP contribution in [0.15, 0.2) is 53.7 Å². The van der Waals surface area contributed by atoms with Gasteiger partial charge in [0.2, 0.25) is 0 Å². The Morgan fingerprint density at radius 2 is 2.15 bits per heavy atom. The first-order valence-corrected chi connectivity index (χ1v) is 9.53. The van der Waals surface area contributed by atoms with Gasteiger partial charge in [-0.15, -0.1) is 0 Å². The molecule has 2 heterocycles. The maximum Gasteiger partial charge on any atom is 0.409 e. The third kappa shape index (κ3) is 4.24. The summed E-state index contributed by atoms with van der Waals surface area (Å²) >= 11 is 1.48. The van der Waals surface area contributed by atoms with Crippen molar-refractivity contribution in [1.82, 2.24) is 9.88 Å². The molecule has 1 aliphatic rings. The summed E-state index contributed by atoms with van der Waals surface area (Å²) in [6, 6.07) is 15.3. The molecule has 2 atom stereocenters. The van der Waals surface area contributed by atoms with Gasteiger partial charge in [-0.2, -0.15) is 5.26 Å². The Morgan fingerprint density at radius 3 is 2.81 bits per heavy atom. The first-order valence-electron chi connectivity index (χ1n) is 8.65. The van der Waals surface area contributed by atoms with Crippen LogP contribution in [0.4, 0.5) is 4.79 Å². The predicted molar refractivity (Wildman–Crippen MR) is 102 cm³/mol. The molecule has 1 saturated heterocycles. The van der Waals surface area contributed by atoms with Crippen molar-refractivity contribution in [1.29, 1.82) is 5.26 Å². The van der Waals surface area contributed by atoms with E-state index in [2.05, 4.69) is 11.1 Å². The predicted octanol–water partition coefficient (Wildman–Crippen LogP) is 4.29. The second kappa shape index (κ2) is 7.99. The van der Waals surface area contributed by atoms with Crippen LogP contribution >= 0.6 is 11.8 Å². The van der Waals surface area contributed by atoms with Gasteiger partial charge >= 0.3 is 6.09 Å². The molecule has 0 radical (unpaired) electrons. The van der Waals surface area contributed by atoms with E-state index in [0.29, 0.717) is 23.6 Å². The molecule has 1 amide bonds. The minimum absolute atomic E-state index is 0.0578. The zero-order valence-electron chi connectivity index (χ0n) is 15.2. The molecule has 1 aromatic carbocycles. The summed E-state index contributed by atoms with van der Waals surface area (Å²) in [4.78, 5) is 17.5. The number of nitriles is 1. The van der Waals surface area contributed by atoms with Crippen LogP contribution in [-0.2, 0) is 4.74 Å². The summed E-state index contributed by atoms with van der Waals surface area (Å²) in [5.41, 5.74) is 0.721. The fourth-order valence-electron chi connectivity index (χ4n) is 3.32. The lowest BCUT2D eigenvalue weighted by atomic mass is 10.0. The molecule has 0 bridgehead atoms. The summed E-state index contributed by atoms with van der Waals surface area (Å²) in [6.07, 6.45) is 1.23. The number of rotatable bonds is 5. The van der Waals surface area contributed by atoms with E-state index in [9.17, 15) is 15.2 Å². The Labute approximate surface area is 162 Å². The lowest BCUT2D eigenvalue weighted by Gasteiger charge is -2.32. The number of carbonyl (C=O) groups is 1. The summed E-state index contributed by atoms with van der Waals surface area (Å²) in [7, 11) is 0. The molecule has 0 saturated carbocycles. The first kappa shape index (κ1) is 19.2. The highest BCUT2D eigenvalue weighted by molar-refractivity contribution is 7.99. The van der Waals surface area contributed by atoms with Crippen LogP contribution in [-0.4, -0.2) is 39.5 Å². The van der Waals surface area contributed by atoms with E-state index in [1.165, 1.54) is 16.7 Å². The highest BCUT2D eigenvalue weighted by Crippen LogP contribution is 2.42. The van der Waals surface area contributed by atoms with Gasteiger partial charge in [0, 0.05) is 11.4 Å². The molecule has 1 fully saturated rings. The molecule has 1 N–H and O–H groups in total. The van der Waals surface area contributed by atoms with Gasteiger partial charge in [0.15, 0.2) is 0 Å². The molecule has 1 aromatic heterocycles. The van der Waals surface area contributed by atoms with Gasteiger partial charge in [-0.1, -0.05) is 42.1 Å². The van der Waals surface area contributed by atoms with E-state index >= 15 is 0 Å². The second-order valence-corrected chi connectivity index (χ2v) is 7.98. The van der Waals surface area contributed by atoms with Gasteiger partial charge in [0.25, 0.3) is 0 Å². The van der Waals surface area contributed by atoms with Gasteiger partial charge in [-0.25, -0.2) is 9.78 Å². The third-order valence-corrected chi connectivity index (χ3v) is 5.88. The number of ether oxygens (including phenoxy) is 1. The number of carboxylic acid groups (broad SMARTS) is 1. The summed E-state index contributed by atoms with van der Waals surface area (Å²) in [5.74, 6) is 0. The molecule has 6 nitrogen and oxygen atoms in total. The average Bonchev–Trinajstić information content (AvgIpc) is 2.96. The van der Waals surface area contributed by atoms with Crippen molar-refractivity contribution in [2.24, 2.45) is 0 Å².